The van der Waals surface area contributed by atoms with Crippen LogP contribution in [0.25, 0.3) is 10.8 Å². The van der Waals surface area contributed by atoms with Crippen molar-refractivity contribution < 1.29 is 23.9 Å². The van der Waals surface area contributed by atoms with Gasteiger partial charge in [0, 0.05) is 18.8 Å². The van der Waals surface area contributed by atoms with Gasteiger partial charge in [-0.1, -0.05) is 42.5 Å². The number of nitrogens with zero attached hydrogens (tertiary/aromatic N) is 1. The van der Waals surface area contributed by atoms with Gasteiger partial charge in [-0.3, -0.25) is 9.59 Å². The number of nitrogens with one attached hydrogen (secondary N) is 1. The summed E-state index contributed by atoms with van der Waals surface area (Å²) < 4.78 is 10.3. The molecule has 3 aromatic carbocycles. The van der Waals surface area contributed by atoms with Crippen LogP contribution in [0.5, 0.6) is 5.75 Å². The Balaban J connectivity index is 1.53. The summed E-state index contributed by atoms with van der Waals surface area (Å²) in [5, 5.41) is 4.35. The van der Waals surface area contributed by atoms with Crippen LogP contribution in [0.3, 0.4) is 0 Å². The molecule has 154 valence electrons. The molecule has 0 fully saturated rings. The van der Waals surface area contributed by atoms with Crippen LogP contribution >= 0.6 is 0 Å². The van der Waals surface area contributed by atoms with E-state index in [1.165, 1.54) is 19.1 Å². The quantitative estimate of drug-likeness (QED) is 0.610. The molecule has 0 aliphatic heterocycles. The molecular weight excluding hydrogens is 384 g/mol. The standard InChI is InChI=1S/C23H22N2O5/c1-25(14-21(26)24-17-9-6-10-18(13-17)29-2)22(27)15-30-23(28)20-12-5-8-16-7-3-4-11-19(16)20/h3-13H,14-15H2,1-2H3,(H,24,26). The Bertz CT molecular complexity index is 1070. The van der Waals surface area contributed by atoms with Gasteiger partial charge in [-0.2, -0.15) is 0 Å². The number of carbonyl (C=O) groups is 3. The van der Waals surface area contributed by atoms with E-state index in [0.717, 1.165) is 10.8 Å². The molecule has 0 aromatic heterocycles. The Hall–Kier alpha value is -3.87. The number of rotatable bonds is 7. The number of fused-ring (bicyclic) bond motifs is 1. The van der Waals surface area contributed by atoms with E-state index in [2.05, 4.69) is 5.32 Å². The van der Waals surface area contributed by atoms with Crippen molar-refractivity contribution in [3.05, 3.63) is 72.3 Å². The number of likely N-dealkylation sites (N-methyl/N-ethyl adjacent to an activating group) is 1. The maximum absolute atomic E-state index is 12.4. The zero-order valence-corrected chi connectivity index (χ0v) is 16.8. The van der Waals surface area contributed by atoms with Crippen molar-refractivity contribution in [2.24, 2.45) is 0 Å². The average molecular weight is 406 g/mol. The Morgan fingerprint density at radius 3 is 2.50 bits per heavy atom. The van der Waals surface area contributed by atoms with Gasteiger partial charge in [0.05, 0.1) is 19.2 Å². The fourth-order valence-electron chi connectivity index (χ4n) is 2.92. The van der Waals surface area contributed by atoms with Gasteiger partial charge in [0.2, 0.25) is 5.91 Å². The summed E-state index contributed by atoms with van der Waals surface area (Å²) in [4.78, 5) is 38.1. The van der Waals surface area contributed by atoms with Crippen LogP contribution in [-0.2, 0) is 14.3 Å². The summed E-state index contributed by atoms with van der Waals surface area (Å²) in [5.41, 5.74) is 0.946. The largest absolute Gasteiger partial charge is 0.497 e. The lowest BCUT2D eigenvalue weighted by atomic mass is 10.1. The lowest BCUT2D eigenvalue weighted by molar-refractivity contribution is -0.136. The van der Waals surface area contributed by atoms with E-state index in [1.807, 2.05) is 30.3 Å². The Kier molecular flexibility index (Phi) is 6.64. The molecule has 0 heterocycles. The first-order valence-electron chi connectivity index (χ1n) is 9.30. The molecule has 0 aliphatic rings. The summed E-state index contributed by atoms with van der Waals surface area (Å²) >= 11 is 0. The van der Waals surface area contributed by atoms with E-state index in [1.54, 1.807) is 36.4 Å². The Morgan fingerprint density at radius 1 is 0.967 bits per heavy atom. The van der Waals surface area contributed by atoms with Crippen molar-refractivity contribution in [1.29, 1.82) is 0 Å². The van der Waals surface area contributed by atoms with Gasteiger partial charge in [0.1, 0.15) is 5.75 Å². The molecule has 0 bridgehead atoms. The van der Waals surface area contributed by atoms with E-state index in [9.17, 15) is 14.4 Å². The summed E-state index contributed by atoms with van der Waals surface area (Å²) in [6.45, 7) is -0.632. The number of hydrogen-bond acceptors (Lipinski definition) is 5. The highest BCUT2D eigenvalue weighted by molar-refractivity contribution is 6.05. The van der Waals surface area contributed by atoms with Gasteiger partial charge in [-0.25, -0.2) is 4.79 Å². The fourth-order valence-corrected chi connectivity index (χ4v) is 2.92. The monoisotopic (exact) mass is 406 g/mol. The van der Waals surface area contributed by atoms with Crippen LogP contribution in [0.1, 0.15) is 10.4 Å². The number of esters is 1. The van der Waals surface area contributed by atoms with Crippen molar-refractivity contribution in [2.45, 2.75) is 0 Å². The zero-order valence-electron chi connectivity index (χ0n) is 16.8. The molecule has 0 saturated carbocycles. The van der Waals surface area contributed by atoms with Gasteiger partial charge < -0.3 is 19.7 Å². The van der Waals surface area contributed by atoms with Crippen LogP contribution in [0.4, 0.5) is 5.69 Å². The minimum absolute atomic E-state index is 0.179. The number of ether oxygens (including phenoxy) is 2. The summed E-state index contributed by atoms with van der Waals surface area (Å²) in [6.07, 6.45) is 0. The van der Waals surface area contributed by atoms with Gasteiger partial charge in [-0.05, 0) is 29.0 Å². The van der Waals surface area contributed by atoms with Crippen LogP contribution in [0, 0.1) is 0 Å². The fraction of sp³-hybridized carbons (Fsp3) is 0.174. The third kappa shape index (κ3) is 5.14. The highest BCUT2D eigenvalue weighted by atomic mass is 16.5. The molecule has 0 spiro atoms. The first-order valence-corrected chi connectivity index (χ1v) is 9.30. The topological polar surface area (TPSA) is 84.9 Å². The number of anilines is 1. The summed E-state index contributed by atoms with van der Waals surface area (Å²) in [6, 6.07) is 19.6. The molecule has 1 N–H and O–H groups in total. The second-order valence-electron chi connectivity index (χ2n) is 6.63. The maximum Gasteiger partial charge on any atom is 0.339 e. The van der Waals surface area contributed by atoms with E-state index in [4.69, 9.17) is 9.47 Å². The predicted octanol–water partition coefficient (Wildman–Crippen LogP) is 3.10. The first kappa shape index (κ1) is 20.9. The molecule has 7 nitrogen and oxygen atoms in total. The molecule has 0 aliphatic carbocycles. The maximum atomic E-state index is 12.4. The van der Waals surface area contributed by atoms with Crippen molar-refractivity contribution in [2.75, 3.05) is 32.6 Å². The molecule has 0 atom stereocenters. The zero-order chi connectivity index (χ0) is 21.5. The minimum atomic E-state index is -0.589. The molecular formula is C23H22N2O5. The summed E-state index contributed by atoms with van der Waals surface area (Å²) in [5.74, 6) is -0.837. The smallest absolute Gasteiger partial charge is 0.339 e. The van der Waals surface area contributed by atoms with Crippen LogP contribution < -0.4 is 10.1 Å². The second-order valence-corrected chi connectivity index (χ2v) is 6.63. The molecule has 2 amide bonds. The van der Waals surface area contributed by atoms with Crippen molar-refractivity contribution >= 4 is 34.2 Å². The molecule has 30 heavy (non-hydrogen) atoms. The van der Waals surface area contributed by atoms with Gasteiger partial charge in [-0.15, -0.1) is 0 Å². The third-order valence-electron chi connectivity index (χ3n) is 4.50. The van der Waals surface area contributed by atoms with Crippen LogP contribution in [-0.4, -0.2) is 50.0 Å². The van der Waals surface area contributed by atoms with Crippen molar-refractivity contribution in [3.8, 4) is 5.75 Å². The number of methoxy groups -OCH3 is 1. The number of amides is 2. The van der Waals surface area contributed by atoms with Crippen LogP contribution in [0.2, 0.25) is 0 Å². The highest BCUT2D eigenvalue weighted by Crippen LogP contribution is 2.19. The van der Waals surface area contributed by atoms with Gasteiger partial charge >= 0.3 is 5.97 Å². The van der Waals surface area contributed by atoms with Crippen LogP contribution in [0.15, 0.2) is 66.7 Å². The van der Waals surface area contributed by atoms with Crippen molar-refractivity contribution in [3.63, 3.8) is 0 Å². The Labute approximate surface area is 174 Å². The van der Waals surface area contributed by atoms with E-state index in [-0.39, 0.29) is 12.5 Å². The number of carbonyl (C=O) groups excluding carboxylic acids is 3. The van der Waals surface area contributed by atoms with E-state index >= 15 is 0 Å². The highest BCUT2D eigenvalue weighted by Gasteiger charge is 2.17. The normalized spacial score (nSPS) is 10.3. The van der Waals surface area contributed by atoms with E-state index < -0.39 is 18.5 Å². The molecule has 3 aromatic rings. The second kappa shape index (κ2) is 9.56. The Morgan fingerprint density at radius 2 is 1.70 bits per heavy atom. The van der Waals surface area contributed by atoms with E-state index in [0.29, 0.717) is 17.0 Å². The number of hydrogen-bond donors (Lipinski definition) is 1. The van der Waals surface area contributed by atoms with Gasteiger partial charge in [0.25, 0.3) is 5.91 Å². The predicted molar refractivity (Wildman–Crippen MR) is 113 cm³/mol. The lowest BCUT2D eigenvalue weighted by Gasteiger charge is -2.17. The van der Waals surface area contributed by atoms with Crippen molar-refractivity contribution in [1.82, 2.24) is 4.90 Å². The lowest BCUT2D eigenvalue weighted by Crippen LogP contribution is -2.37. The molecule has 3 rings (SSSR count). The molecule has 7 heteroatoms. The number of benzene rings is 3. The molecule has 0 radical (unpaired) electrons. The molecule has 0 unspecified atom stereocenters. The first-order chi connectivity index (χ1) is 14.5. The molecule has 0 saturated heterocycles. The third-order valence-corrected chi connectivity index (χ3v) is 4.50. The van der Waals surface area contributed by atoms with Gasteiger partial charge in [0.15, 0.2) is 6.61 Å². The minimum Gasteiger partial charge on any atom is -0.497 e. The SMILES string of the molecule is COc1cccc(NC(=O)CN(C)C(=O)COC(=O)c2cccc3ccccc23)c1. The summed E-state index contributed by atoms with van der Waals surface area (Å²) in [7, 11) is 3.01. The average Bonchev–Trinajstić information content (AvgIpc) is 2.76.